The largest absolute Gasteiger partial charge is 0.481 e. The van der Waals surface area contributed by atoms with Crippen LogP contribution in [-0.4, -0.2) is 51.3 Å². The summed E-state index contributed by atoms with van der Waals surface area (Å²) in [5.74, 6) is -2.53. The van der Waals surface area contributed by atoms with E-state index in [0.717, 1.165) is 20.5 Å². The number of hydrogen-bond donors (Lipinski definition) is 2. The Morgan fingerprint density at radius 3 is 2.49 bits per heavy atom. The zero-order valence-corrected chi connectivity index (χ0v) is 21.7. The molecule has 10 heteroatoms. The number of nitrogens with zero attached hydrogens (tertiary/aromatic N) is 2. The van der Waals surface area contributed by atoms with Gasteiger partial charge in [-0.25, -0.2) is 9.18 Å². The molecule has 1 spiro atoms. The molecule has 4 amide bonds. The molecule has 1 heterocycles. The molecule has 2 aromatic carbocycles. The van der Waals surface area contributed by atoms with Gasteiger partial charge in [-0.3, -0.25) is 19.3 Å². The Bertz CT molecular complexity index is 1260. The average Bonchev–Trinajstić information content (AvgIpc) is 3.35. The molecule has 1 atom stereocenters. The molecule has 1 saturated heterocycles. The number of fused-ring (bicyclic) bond motifs is 2. The number of carbonyl (C=O) groups is 4. The minimum Gasteiger partial charge on any atom is -0.481 e. The number of carboxylic acids is 1. The highest BCUT2D eigenvalue weighted by Gasteiger charge is 2.55. The quantitative estimate of drug-likeness (QED) is 0.510. The van der Waals surface area contributed by atoms with E-state index in [1.165, 1.54) is 12.1 Å². The van der Waals surface area contributed by atoms with Crippen molar-refractivity contribution in [2.45, 2.75) is 56.7 Å². The van der Waals surface area contributed by atoms with Gasteiger partial charge in [0.1, 0.15) is 17.9 Å². The van der Waals surface area contributed by atoms with Crippen molar-refractivity contribution in [3.05, 3.63) is 69.4 Å². The molecule has 2 aliphatic carbocycles. The topological polar surface area (TPSA) is 107 Å². The second kappa shape index (κ2) is 9.89. The van der Waals surface area contributed by atoms with Crippen LogP contribution in [0.4, 0.5) is 9.18 Å². The number of nitrogens with one attached hydrogen (secondary N) is 1. The smallest absolute Gasteiger partial charge is 0.325 e. The second-order valence-corrected chi connectivity index (χ2v) is 10.9. The predicted molar refractivity (Wildman–Crippen MR) is 135 cm³/mol. The Balaban J connectivity index is 1.36. The summed E-state index contributed by atoms with van der Waals surface area (Å²) in [4.78, 5) is 54.2. The molecule has 8 nitrogen and oxygen atoms in total. The van der Waals surface area contributed by atoms with Gasteiger partial charge in [-0.1, -0.05) is 34.1 Å². The van der Waals surface area contributed by atoms with Crippen molar-refractivity contribution in [2.24, 2.45) is 5.92 Å². The van der Waals surface area contributed by atoms with E-state index < -0.39 is 47.6 Å². The summed E-state index contributed by atoms with van der Waals surface area (Å²) in [7, 11) is 0. The molecular weight excluding hydrogens is 545 g/mol. The highest BCUT2D eigenvalue weighted by molar-refractivity contribution is 9.10. The molecule has 37 heavy (non-hydrogen) atoms. The number of imide groups is 1. The third-order valence-electron chi connectivity index (χ3n) is 7.84. The van der Waals surface area contributed by atoms with E-state index in [0.29, 0.717) is 44.1 Å². The van der Waals surface area contributed by atoms with E-state index in [9.17, 15) is 28.7 Å². The molecule has 2 fully saturated rings. The molecule has 0 radical (unpaired) electrons. The molecule has 2 aromatic rings. The number of carbonyl (C=O) groups excluding carboxylic acids is 3. The van der Waals surface area contributed by atoms with Crippen LogP contribution in [0.25, 0.3) is 0 Å². The van der Waals surface area contributed by atoms with E-state index in [2.05, 4.69) is 21.2 Å². The van der Waals surface area contributed by atoms with Gasteiger partial charge in [0, 0.05) is 17.1 Å². The van der Waals surface area contributed by atoms with Crippen LogP contribution in [0.15, 0.2) is 46.9 Å². The van der Waals surface area contributed by atoms with Crippen LogP contribution < -0.4 is 5.32 Å². The number of aliphatic carboxylic acids is 1. The van der Waals surface area contributed by atoms with Crippen molar-refractivity contribution in [3.63, 3.8) is 0 Å². The summed E-state index contributed by atoms with van der Waals surface area (Å²) in [6.07, 6.45) is 2.92. The molecule has 5 rings (SSSR count). The zero-order valence-electron chi connectivity index (χ0n) is 20.1. The van der Waals surface area contributed by atoms with Crippen molar-refractivity contribution >= 4 is 39.7 Å². The Hall–Kier alpha value is -3.27. The average molecular weight is 572 g/mol. The number of urea groups is 1. The van der Waals surface area contributed by atoms with Gasteiger partial charge < -0.3 is 15.3 Å². The molecule has 3 aliphatic rings. The fraction of sp³-hybridized carbons (Fsp3) is 0.407. The molecule has 2 N–H and O–H groups in total. The van der Waals surface area contributed by atoms with Gasteiger partial charge in [0.15, 0.2) is 0 Å². The van der Waals surface area contributed by atoms with Gasteiger partial charge in [-0.2, -0.15) is 0 Å². The number of hydrogen-bond acceptors (Lipinski definition) is 4. The normalized spacial score (nSPS) is 24.8. The van der Waals surface area contributed by atoms with Gasteiger partial charge in [-0.05, 0) is 79.5 Å². The van der Waals surface area contributed by atoms with E-state index in [4.69, 9.17) is 0 Å². The maximum atomic E-state index is 13.6. The van der Waals surface area contributed by atoms with E-state index in [1.807, 2.05) is 18.2 Å². The third-order valence-corrected chi connectivity index (χ3v) is 8.33. The summed E-state index contributed by atoms with van der Waals surface area (Å²) >= 11 is 3.44. The number of aryl methyl sites for hydroxylation is 1. The van der Waals surface area contributed by atoms with Gasteiger partial charge in [0.25, 0.3) is 5.91 Å². The highest BCUT2D eigenvalue weighted by atomic mass is 79.9. The van der Waals surface area contributed by atoms with E-state index in [1.54, 1.807) is 17.0 Å². The van der Waals surface area contributed by atoms with Gasteiger partial charge in [0.2, 0.25) is 5.91 Å². The van der Waals surface area contributed by atoms with Crippen LogP contribution in [0.5, 0.6) is 0 Å². The first-order valence-corrected chi connectivity index (χ1v) is 13.2. The van der Waals surface area contributed by atoms with Crippen molar-refractivity contribution in [3.8, 4) is 0 Å². The molecule has 1 saturated carbocycles. The van der Waals surface area contributed by atoms with Crippen molar-refractivity contribution in [1.29, 1.82) is 0 Å². The summed E-state index contributed by atoms with van der Waals surface area (Å²) in [5.41, 5.74) is 1.26. The maximum Gasteiger partial charge on any atom is 0.325 e. The third kappa shape index (κ3) is 4.74. The summed E-state index contributed by atoms with van der Waals surface area (Å²) in [6, 6.07) is 10.6. The lowest BCUT2D eigenvalue weighted by atomic mass is 9.85. The molecule has 1 aliphatic heterocycles. The Kier molecular flexibility index (Phi) is 6.78. The lowest BCUT2D eigenvalue weighted by Gasteiger charge is -2.36. The van der Waals surface area contributed by atoms with Crippen molar-refractivity contribution < 1.29 is 28.7 Å². The van der Waals surface area contributed by atoms with Crippen LogP contribution in [0.3, 0.4) is 0 Å². The maximum absolute atomic E-state index is 13.6. The summed E-state index contributed by atoms with van der Waals surface area (Å²) in [6.45, 7) is -0.245. The van der Waals surface area contributed by atoms with Gasteiger partial charge >= 0.3 is 12.0 Å². The van der Waals surface area contributed by atoms with E-state index in [-0.39, 0.29) is 12.6 Å². The second-order valence-electron chi connectivity index (χ2n) is 10.0. The highest BCUT2D eigenvalue weighted by Crippen LogP contribution is 2.42. The number of amides is 4. The number of rotatable bonds is 6. The fourth-order valence-corrected chi connectivity index (χ4v) is 6.24. The van der Waals surface area contributed by atoms with Crippen LogP contribution in [-0.2, 0) is 32.9 Å². The fourth-order valence-electron chi connectivity index (χ4n) is 5.83. The zero-order chi connectivity index (χ0) is 26.3. The molecule has 1 unspecified atom stereocenters. The van der Waals surface area contributed by atoms with Crippen molar-refractivity contribution in [1.82, 2.24) is 15.1 Å². The van der Waals surface area contributed by atoms with Crippen LogP contribution in [0, 0.1) is 11.7 Å². The standard InChI is InChI=1S/C27H27BrFN3O5/c28-19-5-10-22-18(13-19)11-12-27(22)25(36)32(26(37)30-27)15-23(33)31(14-16-1-6-20(29)7-2-16)21-8-3-17(4-9-21)24(34)35/h1-2,5-7,10,13,17,21H,3-4,8-9,11-12,14-15H2,(H,30,37)(H,34,35). The lowest BCUT2D eigenvalue weighted by Crippen LogP contribution is -2.48. The molecule has 0 bridgehead atoms. The lowest BCUT2D eigenvalue weighted by molar-refractivity contribution is -0.145. The SMILES string of the molecule is O=C(O)C1CCC(N(Cc2ccc(F)cc2)C(=O)CN2C(=O)NC3(CCc4cc(Br)ccc43)C2=O)CC1. The monoisotopic (exact) mass is 571 g/mol. The first-order chi connectivity index (χ1) is 17.7. The van der Waals surface area contributed by atoms with Crippen LogP contribution in [0.2, 0.25) is 0 Å². The number of carboxylic acid groups (broad SMARTS) is 1. The Morgan fingerprint density at radius 1 is 1.11 bits per heavy atom. The number of benzene rings is 2. The molecular formula is C27H27BrFN3O5. The van der Waals surface area contributed by atoms with Crippen LogP contribution >= 0.6 is 15.9 Å². The van der Waals surface area contributed by atoms with Gasteiger partial charge in [0.05, 0.1) is 5.92 Å². The minimum absolute atomic E-state index is 0.174. The minimum atomic E-state index is -1.17. The van der Waals surface area contributed by atoms with Gasteiger partial charge in [-0.15, -0.1) is 0 Å². The molecule has 194 valence electrons. The summed E-state index contributed by atoms with van der Waals surface area (Å²) in [5, 5.41) is 12.2. The predicted octanol–water partition coefficient (Wildman–Crippen LogP) is 3.95. The first kappa shape index (κ1) is 25.4. The van der Waals surface area contributed by atoms with Crippen LogP contribution in [0.1, 0.15) is 48.8 Å². The Labute approximate surface area is 221 Å². The van der Waals surface area contributed by atoms with Crippen molar-refractivity contribution in [2.75, 3.05) is 6.54 Å². The summed E-state index contributed by atoms with van der Waals surface area (Å²) < 4.78 is 14.3. The first-order valence-electron chi connectivity index (χ1n) is 12.4. The molecule has 0 aromatic heterocycles. The number of halogens is 2. The Morgan fingerprint density at radius 2 is 1.81 bits per heavy atom. The van der Waals surface area contributed by atoms with E-state index >= 15 is 0 Å².